The summed E-state index contributed by atoms with van der Waals surface area (Å²) in [6.07, 6.45) is 0. The first-order valence-corrected chi connectivity index (χ1v) is 14.1. The summed E-state index contributed by atoms with van der Waals surface area (Å²) >= 11 is 0. The Hall–Kier alpha value is -5.57. The molecule has 0 atom stereocenters. The van der Waals surface area contributed by atoms with Crippen molar-refractivity contribution < 1.29 is 23.9 Å². The van der Waals surface area contributed by atoms with E-state index >= 15 is 0 Å². The molecule has 44 heavy (non-hydrogen) atoms. The van der Waals surface area contributed by atoms with Crippen LogP contribution in [0, 0.1) is 6.92 Å². The van der Waals surface area contributed by atoms with Gasteiger partial charge in [0.15, 0.2) is 0 Å². The fourth-order valence-corrected chi connectivity index (χ4v) is 4.16. The molecule has 0 saturated carbocycles. The molecule has 1 N–H and O–H groups in total. The zero-order valence-corrected chi connectivity index (χ0v) is 24.9. The summed E-state index contributed by atoms with van der Waals surface area (Å²) in [7, 11) is 0. The standard InChI is InChI=1S/C35H34N4O5/c1-5-39(34(41)27-9-7-6-8-10-27)30-16-13-28(14-17-30)37-38-32-20-15-29(23-25(32)4)36-33(40)26-11-18-31(19-12-26)43-21-22-44-35(42)24(2)3/h6-20,23H,2,5,21-22H2,1,3-4H3,(H,36,40). The van der Waals surface area contributed by atoms with Crippen LogP contribution in [0.5, 0.6) is 5.75 Å². The Kier molecular flexibility index (Phi) is 10.7. The average Bonchev–Trinajstić information content (AvgIpc) is 3.04. The van der Waals surface area contributed by atoms with E-state index in [2.05, 4.69) is 22.1 Å². The van der Waals surface area contributed by atoms with Crippen molar-refractivity contribution in [2.24, 2.45) is 10.2 Å². The van der Waals surface area contributed by atoms with E-state index in [0.29, 0.717) is 46.1 Å². The summed E-state index contributed by atoms with van der Waals surface area (Å²) < 4.78 is 10.5. The van der Waals surface area contributed by atoms with Gasteiger partial charge in [0.2, 0.25) is 0 Å². The predicted molar refractivity (Wildman–Crippen MR) is 171 cm³/mol. The number of nitrogens with one attached hydrogen (secondary N) is 1. The highest BCUT2D eigenvalue weighted by atomic mass is 16.6. The van der Waals surface area contributed by atoms with Crippen molar-refractivity contribution in [1.29, 1.82) is 0 Å². The molecule has 0 bridgehead atoms. The van der Waals surface area contributed by atoms with E-state index in [0.717, 1.165) is 11.3 Å². The summed E-state index contributed by atoms with van der Waals surface area (Å²) in [5, 5.41) is 11.6. The quantitative estimate of drug-likeness (QED) is 0.0783. The molecule has 0 aliphatic heterocycles. The molecule has 0 aromatic heterocycles. The van der Waals surface area contributed by atoms with Crippen molar-refractivity contribution >= 4 is 40.5 Å². The van der Waals surface area contributed by atoms with E-state index in [9.17, 15) is 14.4 Å². The molecule has 0 spiro atoms. The van der Waals surface area contributed by atoms with Crippen LogP contribution in [0.25, 0.3) is 0 Å². The molecule has 0 aliphatic rings. The van der Waals surface area contributed by atoms with Gasteiger partial charge in [0.05, 0.1) is 11.4 Å². The van der Waals surface area contributed by atoms with Crippen LogP contribution in [0.2, 0.25) is 0 Å². The van der Waals surface area contributed by atoms with Gasteiger partial charge >= 0.3 is 5.97 Å². The highest BCUT2D eigenvalue weighted by Gasteiger charge is 2.15. The van der Waals surface area contributed by atoms with Crippen molar-refractivity contribution in [3.63, 3.8) is 0 Å². The first-order chi connectivity index (χ1) is 21.2. The molecule has 9 nitrogen and oxygen atoms in total. The SMILES string of the molecule is C=C(C)C(=O)OCCOc1ccc(C(=O)Nc2ccc(N=Nc3ccc(N(CC)C(=O)c4ccccc4)cc3)c(C)c2)cc1. The number of anilines is 2. The number of azo groups is 1. The highest BCUT2D eigenvalue weighted by molar-refractivity contribution is 6.06. The molecule has 0 radical (unpaired) electrons. The first-order valence-electron chi connectivity index (χ1n) is 14.1. The molecule has 9 heteroatoms. The minimum absolute atomic E-state index is 0.0629. The van der Waals surface area contributed by atoms with E-state index < -0.39 is 5.97 Å². The van der Waals surface area contributed by atoms with Gasteiger partial charge in [-0.05, 0) is 105 Å². The monoisotopic (exact) mass is 590 g/mol. The van der Waals surface area contributed by atoms with Gasteiger partial charge in [0.1, 0.15) is 19.0 Å². The molecule has 2 amide bonds. The number of carbonyl (C=O) groups excluding carboxylic acids is 3. The number of nitrogens with zero attached hydrogens (tertiary/aromatic N) is 3. The molecule has 0 saturated heterocycles. The largest absolute Gasteiger partial charge is 0.490 e. The van der Waals surface area contributed by atoms with Crippen LogP contribution in [-0.4, -0.2) is 37.5 Å². The van der Waals surface area contributed by atoms with Crippen LogP contribution in [-0.2, 0) is 9.53 Å². The van der Waals surface area contributed by atoms with E-state index in [-0.39, 0.29) is 25.0 Å². The second-order valence-electron chi connectivity index (χ2n) is 9.88. The summed E-state index contributed by atoms with van der Waals surface area (Å²) in [5.41, 5.74) is 4.97. The summed E-state index contributed by atoms with van der Waals surface area (Å²) in [6, 6.07) is 28.6. The number of ether oxygens (including phenoxy) is 2. The number of carbonyl (C=O) groups is 3. The van der Waals surface area contributed by atoms with Crippen molar-refractivity contribution in [3.05, 3.63) is 126 Å². The summed E-state index contributed by atoms with van der Waals surface area (Å²) in [5.74, 6) is -0.244. The molecule has 4 aromatic carbocycles. The van der Waals surface area contributed by atoms with Gasteiger partial charge in [0.25, 0.3) is 11.8 Å². The first kappa shape index (κ1) is 31.4. The fourth-order valence-electron chi connectivity index (χ4n) is 4.16. The van der Waals surface area contributed by atoms with Gasteiger partial charge in [-0.15, -0.1) is 0 Å². The van der Waals surface area contributed by atoms with Crippen molar-refractivity contribution in [2.75, 3.05) is 30.0 Å². The third-order valence-electron chi connectivity index (χ3n) is 6.52. The van der Waals surface area contributed by atoms with Gasteiger partial charge in [-0.1, -0.05) is 24.8 Å². The van der Waals surface area contributed by atoms with Crippen LogP contribution >= 0.6 is 0 Å². The minimum atomic E-state index is -0.463. The van der Waals surface area contributed by atoms with Crippen LogP contribution in [0.3, 0.4) is 0 Å². The maximum Gasteiger partial charge on any atom is 0.333 e. The number of amides is 2. The van der Waals surface area contributed by atoms with Crippen LogP contribution in [0.4, 0.5) is 22.7 Å². The lowest BCUT2D eigenvalue weighted by atomic mass is 10.1. The van der Waals surface area contributed by atoms with Crippen LogP contribution < -0.4 is 15.0 Å². The second kappa shape index (κ2) is 15.1. The van der Waals surface area contributed by atoms with Gasteiger partial charge in [0, 0.05) is 34.6 Å². The third-order valence-corrected chi connectivity index (χ3v) is 6.52. The van der Waals surface area contributed by atoms with Crippen LogP contribution in [0.1, 0.15) is 40.1 Å². The Morgan fingerprint density at radius 2 is 1.55 bits per heavy atom. The topological polar surface area (TPSA) is 110 Å². The lowest BCUT2D eigenvalue weighted by molar-refractivity contribution is -0.139. The lowest BCUT2D eigenvalue weighted by Gasteiger charge is -2.21. The molecule has 0 aliphatic carbocycles. The number of rotatable bonds is 12. The van der Waals surface area contributed by atoms with Gasteiger partial charge < -0.3 is 19.7 Å². The number of benzene rings is 4. The number of hydrogen-bond acceptors (Lipinski definition) is 7. The molecule has 4 aromatic rings. The van der Waals surface area contributed by atoms with E-state index in [1.54, 1.807) is 60.4 Å². The Balaban J connectivity index is 1.31. The predicted octanol–water partition coefficient (Wildman–Crippen LogP) is 7.83. The number of hydrogen-bond donors (Lipinski definition) is 1. The van der Waals surface area contributed by atoms with Crippen molar-refractivity contribution in [1.82, 2.24) is 0 Å². The molecule has 0 heterocycles. The Bertz CT molecular complexity index is 1650. The van der Waals surface area contributed by atoms with Crippen LogP contribution in [0.15, 0.2) is 119 Å². The van der Waals surface area contributed by atoms with E-state index in [1.807, 2.05) is 62.4 Å². The summed E-state index contributed by atoms with van der Waals surface area (Å²) in [4.78, 5) is 38.8. The Morgan fingerprint density at radius 1 is 0.841 bits per heavy atom. The fraction of sp³-hybridized carbons (Fsp3) is 0.171. The Morgan fingerprint density at radius 3 is 2.18 bits per heavy atom. The Labute approximate surface area is 256 Å². The molecule has 0 fully saturated rings. The molecular weight excluding hydrogens is 556 g/mol. The van der Waals surface area contributed by atoms with E-state index in [4.69, 9.17) is 9.47 Å². The zero-order chi connectivity index (χ0) is 31.5. The molecule has 4 rings (SSSR count). The maximum absolute atomic E-state index is 12.9. The van der Waals surface area contributed by atoms with Gasteiger partial charge in [-0.25, -0.2) is 4.79 Å². The molecule has 0 unspecified atom stereocenters. The minimum Gasteiger partial charge on any atom is -0.490 e. The second-order valence-corrected chi connectivity index (χ2v) is 9.88. The highest BCUT2D eigenvalue weighted by Crippen LogP contribution is 2.27. The smallest absolute Gasteiger partial charge is 0.333 e. The normalized spacial score (nSPS) is 10.7. The lowest BCUT2D eigenvalue weighted by Crippen LogP contribution is -2.30. The van der Waals surface area contributed by atoms with Gasteiger partial charge in [-0.3, -0.25) is 9.59 Å². The molecule has 224 valence electrons. The zero-order valence-electron chi connectivity index (χ0n) is 24.9. The average molecular weight is 591 g/mol. The van der Waals surface area contributed by atoms with E-state index in [1.165, 1.54) is 0 Å². The maximum atomic E-state index is 12.9. The molecular formula is C35H34N4O5. The van der Waals surface area contributed by atoms with Crippen molar-refractivity contribution in [3.8, 4) is 5.75 Å². The number of esters is 1. The third kappa shape index (κ3) is 8.48. The number of aryl methyl sites for hydroxylation is 1. The summed E-state index contributed by atoms with van der Waals surface area (Å²) in [6.45, 7) is 9.75. The van der Waals surface area contributed by atoms with Crippen molar-refractivity contribution in [2.45, 2.75) is 20.8 Å². The van der Waals surface area contributed by atoms with Gasteiger partial charge in [-0.2, -0.15) is 10.2 Å².